The second kappa shape index (κ2) is 7.27. The van der Waals surface area contributed by atoms with E-state index in [1.54, 1.807) is 0 Å². The van der Waals surface area contributed by atoms with Crippen LogP contribution in [0.15, 0.2) is 42.5 Å². The maximum absolute atomic E-state index is 13.3. The van der Waals surface area contributed by atoms with Crippen molar-refractivity contribution in [1.82, 2.24) is 0 Å². The van der Waals surface area contributed by atoms with E-state index in [0.29, 0.717) is 6.07 Å². The monoisotopic (exact) mass is 378 g/mol. The first-order chi connectivity index (χ1) is 12.0. The molecule has 26 heavy (non-hydrogen) atoms. The van der Waals surface area contributed by atoms with Crippen molar-refractivity contribution in [2.24, 2.45) is 0 Å². The van der Waals surface area contributed by atoms with Gasteiger partial charge in [-0.1, -0.05) is 30.3 Å². The Labute approximate surface area is 144 Å². The van der Waals surface area contributed by atoms with E-state index in [4.69, 9.17) is 0 Å². The molecule has 0 aliphatic rings. The number of halogens is 6. The number of benzene rings is 2. The number of alkyl halides is 6. The number of hydrogen-bond acceptors (Lipinski definition) is 3. The molecule has 140 valence electrons. The van der Waals surface area contributed by atoms with E-state index in [-0.39, 0.29) is 17.7 Å². The van der Waals surface area contributed by atoms with Crippen molar-refractivity contribution in [3.05, 3.63) is 53.6 Å². The number of ether oxygens (including phenoxy) is 2. The molecule has 0 unspecified atom stereocenters. The fraction of sp³-hybridized carbons (Fsp3) is 0.235. The standard InChI is InChI=1S/C17H12F6O3/c1-2-25-15(24)14-11(7-5-8-12(14)16(18,19)20)10-6-3-4-9-13(10)26-17(21,22)23/h3-9H,2H2,1H3. The van der Waals surface area contributed by atoms with Crippen molar-refractivity contribution in [3.8, 4) is 16.9 Å². The normalized spacial score (nSPS) is 12.0. The highest BCUT2D eigenvalue weighted by atomic mass is 19.4. The van der Waals surface area contributed by atoms with Crippen LogP contribution in [0.5, 0.6) is 5.75 Å². The molecule has 0 saturated carbocycles. The van der Waals surface area contributed by atoms with Crippen LogP contribution >= 0.6 is 0 Å². The zero-order valence-electron chi connectivity index (χ0n) is 13.2. The smallest absolute Gasteiger partial charge is 0.462 e. The molecule has 3 nitrogen and oxygen atoms in total. The number of hydrogen-bond donors (Lipinski definition) is 0. The van der Waals surface area contributed by atoms with Crippen molar-refractivity contribution in [2.45, 2.75) is 19.5 Å². The predicted molar refractivity (Wildman–Crippen MR) is 79.5 cm³/mol. The average Bonchev–Trinajstić information content (AvgIpc) is 2.52. The van der Waals surface area contributed by atoms with Crippen LogP contribution in [0.25, 0.3) is 11.1 Å². The van der Waals surface area contributed by atoms with Crippen molar-refractivity contribution in [1.29, 1.82) is 0 Å². The van der Waals surface area contributed by atoms with Crippen LogP contribution < -0.4 is 4.74 Å². The van der Waals surface area contributed by atoms with Gasteiger partial charge in [0.05, 0.1) is 17.7 Å². The summed E-state index contributed by atoms with van der Waals surface area (Å²) in [5, 5.41) is 0. The summed E-state index contributed by atoms with van der Waals surface area (Å²) in [6.07, 6.45) is -9.96. The van der Waals surface area contributed by atoms with E-state index in [9.17, 15) is 31.1 Å². The number of carbonyl (C=O) groups is 1. The lowest BCUT2D eigenvalue weighted by atomic mass is 9.94. The van der Waals surface area contributed by atoms with Crippen LogP contribution in [-0.4, -0.2) is 18.9 Å². The molecular weight excluding hydrogens is 366 g/mol. The summed E-state index contributed by atoms with van der Waals surface area (Å²) >= 11 is 0. The SMILES string of the molecule is CCOC(=O)c1c(-c2ccccc2OC(F)(F)F)cccc1C(F)(F)F. The lowest BCUT2D eigenvalue weighted by Crippen LogP contribution is -2.19. The molecule has 0 bridgehead atoms. The molecule has 0 atom stereocenters. The van der Waals surface area contributed by atoms with Gasteiger partial charge in [0.15, 0.2) is 0 Å². The second-order valence-corrected chi connectivity index (χ2v) is 4.99. The Morgan fingerprint density at radius 1 is 0.923 bits per heavy atom. The van der Waals surface area contributed by atoms with Crippen LogP contribution in [-0.2, 0) is 10.9 Å². The van der Waals surface area contributed by atoms with E-state index in [0.717, 1.165) is 24.3 Å². The van der Waals surface area contributed by atoms with Crippen molar-refractivity contribution in [3.63, 3.8) is 0 Å². The molecule has 0 saturated heterocycles. The third kappa shape index (κ3) is 4.47. The van der Waals surface area contributed by atoms with Crippen molar-refractivity contribution >= 4 is 5.97 Å². The number of rotatable bonds is 4. The fourth-order valence-electron chi connectivity index (χ4n) is 2.34. The molecule has 0 amide bonds. The quantitative estimate of drug-likeness (QED) is 0.524. The molecule has 2 aromatic carbocycles. The zero-order chi connectivity index (χ0) is 19.5. The van der Waals surface area contributed by atoms with E-state index in [2.05, 4.69) is 9.47 Å². The first kappa shape index (κ1) is 19.6. The maximum Gasteiger partial charge on any atom is 0.573 e. The predicted octanol–water partition coefficient (Wildman–Crippen LogP) is 5.45. The van der Waals surface area contributed by atoms with E-state index in [1.807, 2.05) is 0 Å². The minimum Gasteiger partial charge on any atom is -0.462 e. The Bertz CT molecular complexity index is 796. The number of carbonyl (C=O) groups excluding carboxylic acids is 1. The Morgan fingerprint density at radius 2 is 1.54 bits per heavy atom. The Kier molecular flexibility index (Phi) is 5.48. The molecule has 0 radical (unpaired) electrons. The molecule has 9 heteroatoms. The third-order valence-corrected chi connectivity index (χ3v) is 3.25. The molecule has 0 aliphatic carbocycles. The van der Waals surface area contributed by atoms with Crippen LogP contribution in [0.4, 0.5) is 26.3 Å². The topological polar surface area (TPSA) is 35.5 Å². The van der Waals surface area contributed by atoms with Crippen LogP contribution in [0.1, 0.15) is 22.8 Å². The van der Waals surface area contributed by atoms with Crippen LogP contribution in [0, 0.1) is 0 Å². The van der Waals surface area contributed by atoms with Crippen LogP contribution in [0.2, 0.25) is 0 Å². The molecule has 0 aromatic heterocycles. The second-order valence-electron chi connectivity index (χ2n) is 4.99. The highest BCUT2D eigenvalue weighted by molar-refractivity contribution is 6.00. The lowest BCUT2D eigenvalue weighted by Gasteiger charge is -2.18. The molecule has 2 aromatic rings. The zero-order valence-corrected chi connectivity index (χ0v) is 13.2. The summed E-state index contributed by atoms with van der Waals surface area (Å²) < 4.78 is 86.2. The van der Waals surface area contributed by atoms with E-state index < -0.39 is 35.4 Å². The first-order valence-electron chi connectivity index (χ1n) is 7.27. The summed E-state index contributed by atoms with van der Waals surface area (Å²) in [6, 6.07) is 7.35. The minimum absolute atomic E-state index is 0.203. The Balaban J connectivity index is 2.73. The Hall–Kier alpha value is -2.71. The number of para-hydroxylation sites is 1. The summed E-state index contributed by atoms with van der Waals surface area (Å²) in [5.74, 6) is -2.03. The molecule has 0 spiro atoms. The third-order valence-electron chi connectivity index (χ3n) is 3.25. The van der Waals surface area contributed by atoms with Crippen molar-refractivity contribution < 1.29 is 40.6 Å². The van der Waals surface area contributed by atoms with E-state index >= 15 is 0 Å². The molecular formula is C17H12F6O3. The van der Waals surface area contributed by atoms with Gasteiger partial charge < -0.3 is 9.47 Å². The minimum atomic E-state index is -5.05. The van der Waals surface area contributed by atoms with Gasteiger partial charge in [-0.05, 0) is 19.1 Å². The molecule has 0 heterocycles. The van der Waals surface area contributed by atoms with Gasteiger partial charge in [0.1, 0.15) is 5.75 Å². The van der Waals surface area contributed by atoms with E-state index in [1.165, 1.54) is 19.1 Å². The largest absolute Gasteiger partial charge is 0.573 e. The lowest BCUT2D eigenvalue weighted by molar-refractivity contribution is -0.274. The van der Waals surface area contributed by atoms with Gasteiger partial charge in [0.2, 0.25) is 0 Å². The molecule has 0 N–H and O–H groups in total. The number of esters is 1. The van der Waals surface area contributed by atoms with Gasteiger partial charge in [0.25, 0.3) is 0 Å². The van der Waals surface area contributed by atoms with Crippen LogP contribution in [0.3, 0.4) is 0 Å². The van der Waals surface area contributed by atoms with Gasteiger partial charge in [-0.15, -0.1) is 13.2 Å². The highest BCUT2D eigenvalue weighted by Crippen LogP contribution is 2.40. The van der Waals surface area contributed by atoms with Gasteiger partial charge in [-0.2, -0.15) is 13.2 Å². The first-order valence-corrected chi connectivity index (χ1v) is 7.27. The van der Waals surface area contributed by atoms with Gasteiger partial charge in [-0.3, -0.25) is 0 Å². The fourth-order valence-corrected chi connectivity index (χ4v) is 2.34. The van der Waals surface area contributed by atoms with Crippen molar-refractivity contribution in [2.75, 3.05) is 6.61 Å². The maximum atomic E-state index is 13.3. The highest BCUT2D eigenvalue weighted by Gasteiger charge is 2.38. The summed E-state index contributed by atoms with van der Waals surface area (Å²) in [4.78, 5) is 12.1. The molecule has 0 fully saturated rings. The van der Waals surface area contributed by atoms with Gasteiger partial charge >= 0.3 is 18.5 Å². The Morgan fingerprint density at radius 3 is 2.12 bits per heavy atom. The van der Waals surface area contributed by atoms with Gasteiger partial charge in [0, 0.05) is 11.1 Å². The molecule has 2 rings (SSSR count). The summed E-state index contributed by atoms with van der Waals surface area (Å²) in [7, 11) is 0. The average molecular weight is 378 g/mol. The summed E-state index contributed by atoms with van der Waals surface area (Å²) in [5.41, 5.74) is -2.88. The molecule has 0 aliphatic heterocycles. The summed E-state index contributed by atoms with van der Waals surface area (Å²) in [6.45, 7) is 1.19. The van der Waals surface area contributed by atoms with Gasteiger partial charge in [-0.25, -0.2) is 4.79 Å².